The number of thiophene rings is 1. The molecule has 31 heavy (non-hydrogen) atoms. The van der Waals surface area contributed by atoms with E-state index in [0.717, 1.165) is 17.9 Å². The Hall–Kier alpha value is -3.29. The van der Waals surface area contributed by atoms with Crippen molar-refractivity contribution in [1.82, 2.24) is 4.90 Å². The second-order valence-electron chi connectivity index (χ2n) is 7.31. The van der Waals surface area contributed by atoms with Crippen LogP contribution in [0.3, 0.4) is 0 Å². The zero-order valence-electron chi connectivity index (χ0n) is 17.2. The van der Waals surface area contributed by atoms with Gasteiger partial charge in [0.2, 0.25) is 5.78 Å². The Balaban J connectivity index is 1.46. The third-order valence-corrected chi connectivity index (χ3v) is 6.23. The summed E-state index contributed by atoms with van der Waals surface area (Å²) in [6, 6.07) is 13.2. The van der Waals surface area contributed by atoms with E-state index in [1.165, 1.54) is 4.88 Å². The van der Waals surface area contributed by atoms with Crippen LogP contribution in [0.2, 0.25) is 0 Å². The number of fused-ring (bicyclic) bond motifs is 3. The summed E-state index contributed by atoms with van der Waals surface area (Å²) in [5.41, 5.74) is 2.16. The third kappa shape index (κ3) is 3.66. The van der Waals surface area contributed by atoms with E-state index in [9.17, 15) is 4.79 Å². The van der Waals surface area contributed by atoms with Crippen LogP contribution in [0.15, 0.2) is 53.6 Å². The maximum atomic E-state index is 13.1. The maximum absolute atomic E-state index is 13.1. The Labute approximate surface area is 184 Å². The van der Waals surface area contributed by atoms with Crippen LogP contribution >= 0.6 is 11.3 Å². The number of allylic oxidation sites excluding steroid dienone is 1. The molecule has 0 aliphatic carbocycles. The lowest BCUT2D eigenvalue weighted by Crippen LogP contribution is -2.31. The lowest BCUT2D eigenvalue weighted by atomic mass is 10.0. The molecule has 3 heterocycles. The molecule has 0 saturated heterocycles. The molecular formula is C24H21NO5S. The summed E-state index contributed by atoms with van der Waals surface area (Å²) in [6.07, 6.45) is 1.70. The van der Waals surface area contributed by atoms with Gasteiger partial charge in [0.05, 0.1) is 25.3 Å². The fourth-order valence-corrected chi connectivity index (χ4v) is 4.57. The van der Waals surface area contributed by atoms with Crippen LogP contribution < -0.4 is 18.9 Å². The number of carbonyl (C=O) groups is 1. The molecule has 2 aliphatic heterocycles. The van der Waals surface area contributed by atoms with Gasteiger partial charge < -0.3 is 18.9 Å². The number of rotatable bonds is 5. The van der Waals surface area contributed by atoms with Crippen LogP contribution in [-0.4, -0.2) is 31.6 Å². The first-order valence-electron chi connectivity index (χ1n) is 9.86. The summed E-state index contributed by atoms with van der Waals surface area (Å²) in [7, 11) is 3.19. The van der Waals surface area contributed by atoms with Crippen molar-refractivity contribution in [2.45, 2.75) is 13.1 Å². The summed E-state index contributed by atoms with van der Waals surface area (Å²) < 4.78 is 22.8. The van der Waals surface area contributed by atoms with Crippen molar-refractivity contribution in [1.29, 1.82) is 0 Å². The average molecular weight is 436 g/mol. The third-order valence-electron chi connectivity index (χ3n) is 5.37. The molecule has 2 aromatic carbocycles. The molecule has 7 heteroatoms. The summed E-state index contributed by atoms with van der Waals surface area (Å²) >= 11 is 1.72. The molecule has 0 saturated carbocycles. The Morgan fingerprint density at radius 3 is 2.84 bits per heavy atom. The van der Waals surface area contributed by atoms with Gasteiger partial charge in [-0.1, -0.05) is 6.07 Å². The Kier molecular flexibility index (Phi) is 5.13. The van der Waals surface area contributed by atoms with Gasteiger partial charge in [0.15, 0.2) is 5.76 Å². The van der Waals surface area contributed by atoms with Crippen molar-refractivity contribution in [2.75, 3.05) is 21.0 Å². The second kappa shape index (κ2) is 8.09. The fraction of sp³-hybridized carbons (Fsp3) is 0.208. The van der Waals surface area contributed by atoms with Crippen molar-refractivity contribution >= 4 is 23.2 Å². The molecule has 1 aromatic heterocycles. The van der Waals surface area contributed by atoms with E-state index in [-0.39, 0.29) is 11.5 Å². The van der Waals surface area contributed by atoms with Gasteiger partial charge in [0.1, 0.15) is 29.7 Å². The Morgan fingerprint density at radius 1 is 1.16 bits per heavy atom. The SMILES string of the molecule is COc1ccc(OC)c(/C=C2\Oc3c(ccc4c3CN(Cc3cccs3)CO4)C2=O)c1. The number of nitrogens with zero attached hydrogens (tertiary/aromatic N) is 1. The first-order chi connectivity index (χ1) is 15.2. The predicted octanol–water partition coefficient (Wildman–Crippen LogP) is 4.73. The van der Waals surface area contributed by atoms with Gasteiger partial charge >= 0.3 is 0 Å². The van der Waals surface area contributed by atoms with E-state index in [1.807, 2.05) is 24.3 Å². The molecular weight excluding hydrogens is 414 g/mol. The summed E-state index contributed by atoms with van der Waals surface area (Å²) in [5, 5.41) is 2.07. The number of methoxy groups -OCH3 is 2. The molecule has 3 aromatic rings. The molecule has 0 spiro atoms. The minimum Gasteiger partial charge on any atom is -0.497 e. The fourth-order valence-electron chi connectivity index (χ4n) is 3.82. The van der Waals surface area contributed by atoms with Gasteiger partial charge in [-0.05, 0) is 47.9 Å². The second-order valence-corrected chi connectivity index (χ2v) is 8.34. The van der Waals surface area contributed by atoms with Gasteiger partial charge in [-0.3, -0.25) is 9.69 Å². The number of hydrogen-bond acceptors (Lipinski definition) is 7. The number of Topliss-reactive ketones (excluding diaryl/α,β-unsaturated/α-hetero) is 1. The van der Waals surface area contributed by atoms with Crippen LogP contribution in [0.25, 0.3) is 6.08 Å². The molecule has 158 valence electrons. The molecule has 0 N–H and O–H groups in total. The van der Waals surface area contributed by atoms with Crippen molar-refractivity contribution in [2.24, 2.45) is 0 Å². The van der Waals surface area contributed by atoms with E-state index in [2.05, 4.69) is 16.3 Å². The van der Waals surface area contributed by atoms with Crippen molar-refractivity contribution in [3.05, 3.63) is 75.2 Å². The van der Waals surface area contributed by atoms with E-state index in [4.69, 9.17) is 18.9 Å². The average Bonchev–Trinajstić information content (AvgIpc) is 3.42. The summed E-state index contributed by atoms with van der Waals surface area (Å²) in [4.78, 5) is 16.5. The van der Waals surface area contributed by atoms with E-state index < -0.39 is 0 Å². The minimum absolute atomic E-state index is 0.155. The molecule has 0 fully saturated rings. The molecule has 0 atom stereocenters. The van der Waals surface area contributed by atoms with Gasteiger partial charge in [0.25, 0.3) is 0 Å². The van der Waals surface area contributed by atoms with Gasteiger partial charge in [0, 0.05) is 23.5 Å². The number of hydrogen-bond donors (Lipinski definition) is 0. The molecule has 5 rings (SSSR count). The number of ketones is 1. The number of ether oxygens (including phenoxy) is 4. The van der Waals surface area contributed by atoms with Crippen molar-refractivity contribution in [3.8, 4) is 23.0 Å². The highest BCUT2D eigenvalue weighted by Crippen LogP contribution is 2.42. The monoisotopic (exact) mass is 435 g/mol. The zero-order valence-corrected chi connectivity index (χ0v) is 18.0. The molecule has 0 radical (unpaired) electrons. The normalized spacial score (nSPS) is 16.5. The van der Waals surface area contributed by atoms with Crippen LogP contribution in [0.5, 0.6) is 23.0 Å². The molecule has 0 bridgehead atoms. The van der Waals surface area contributed by atoms with E-state index in [1.54, 1.807) is 43.8 Å². The van der Waals surface area contributed by atoms with Crippen LogP contribution in [0, 0.1) is 0 Å². The number of benzene rings is 2. The maximum Gasteiger partial charge on any atom is 0.231 e. The van der Waals surface area contributed by atoms with Crippen LogP contribution in [0.1, 0.15) is 26.4 Å². The quantitative estimate of drug-likeness (QED) is 0.540. The van der Waals surface area contributed by atoms with E-state index in [0.29, 0.717) is 41.7 Å². The number of carbonyl (C=O) groups excluding carboxylic acids is 1. The highest BCUT2D eigenvalue weighted by molar-refractivity contribution is 7.09. The van der Waals surface area contributed by atoms with Gasteiger partial charge in [-0.15, -0.1) is 11.3 Å². The van der Waals surface area contributed by atoms with Gasteiger partial charge in [-0.25, -0.2) is 0 Å². The Bertz CT molecular complexity index is 1170. The zero-order chi connectivity index (χ0) is 21.4. The highest BCUT2D eigenvalue weighted by atomic mass is 32.1. The molecule has 6 nitrogen and oxygen atoms in total. The summed E-state index contributed by atoms with van der Waals surface area (Å²) in [6.45, 7) is 1.94. The topological polar surface area (TPSA) is 57.2 Å². The largest absolute Gasteiger partial charge is 0.497 e. The van der Waals surface area contributed by atoms with Crippen LogP contribution in [-0.2, 0) is 13.1 Å². The molecule has 0 amide bonds. The lowest BCUT2D eigenvalue weighted by Gasteiger charge is -2.29. The minimum atomic E-state index is -0.155. The predicted molar refractivity (Wildman–Crippen MR) is 118 cm³/mol. The molecule has 0 unspecified atom stereocenters. The molecule has 2 aliphatic rings. The first-order valence-corrected chi connectivity index (χ1v) is 10.7. The van der Waals surface area contributed by atoms with Crippen LogP contribution in [0.4, 0.5) is 0 Å². The highest BCUT2D eigenvalue weighted by Gasteiger charge is 2.33. The lowest BCUT2D eigenvalue weighted by molar-refractivity contribution is 0.0882. The van der Waals surface area contributed by atoms with Crippen molar-refractivity contribution < 1.29 is 23.7 Å². The standard InChI is InChI=1S/C24H21NO5S/c1-27-16-5-7-20(28-2)15(10-16)11-22-23(26)18-6-8-21-19(24(18)30-22)13-25(14-29-21)12-17-4-3-9-31-17/h3-11H,12-14H2,1-2H3/b22-11-. The summed E-state index contributed by atoms with van der Waals surface area (Å²) in [5.74, 6) is 2.74. The van der Waals surface area contributed by atoms with Crippen molar-refractivity contribution in [3.63, 3.8) is 0 Å². The first kappa shape index (κ1) is 19.7. The smallest absolute Gasteiger partial charge is 0.231 e. The van der Waals surface area contributed by atoms with Gasteiger partial charge in [-0.2, -0.15) is 0 Å². The van der Waals surface area contributed by atoms with E-state index >= 15 is 0 Å². The Morgan fingerprint density at radius 2 is 2.06 bits per heavy atom.